The molecule has 0 atom stereocenters. The molecule has 2 heterocycles. The zero-order valence-electron chi connectivity index (χ0n) is 10.7. The van der Waals surface area contributed by atoms with Crippen LogP contribution in [0.25, 0.3) is 10.2 Å². The Hall–Kier alpha value is -1.87. The van der Waals surface area contributed by atoms with Crippen LogP contribution in [0, 0.1) is 0 Å². The number of rotatable bonds is 4. The first kappa shape index (κ1) is 15.5. The Morgan fingerprint density at radius 3 is 2.76 bits per heavy atom. The standard InChI is InChI=1S/C12H12F3N3O2S/c13-12(14,15)7-3-2-6-8(16)9(21-11(6)18-7)10(20)17-4-1-5-19/h2-3,19H,1,4-5,16H2,(H,17,20). The highest BCUT2D eigenvalue weighted by Gasteiger charge is 2.33. The molecule has 5 nitrogen and oxygen atoms in total. The van der Waals surface area contributed by atoms with E-state index in [4.69, 9.17) is 10.8 Å². The summed E-state index contributed by atoms with van der Waals surface area (Å²) in [5.74, 6) is -0.488. The Labute approximate surface area is 121 Å². The van der Waals surface area contributed by atoms with E-state index < -0.39 is 17.8 Å². The zero-order chi connectivity index (χ0) is 15.6. The highest BCUT2D eigenvalue weighted by Crippen LogP contribution is 2.35. The average molecular weight is 319 g/mol. The molecule has 0 bridgehead atoms. The molecule has 1 amide bonds. The third-order valence-corrected chi connectivity index (χ3v) is 3.82. The van der Waals surface area contributed by atoms with Crippen LogP contribution >= 0.6 is 11.3 Å². The van der Waals surface area contributed by atoms with Crippen molar-refractivity contribution in [2.45, 2.75) is 12.6 Å². The fourth-order valence-corrected chi connectivity index (χ4v) is 2.70. The molecule has 2 aromatic heterocycles. The van der Waals surface area contributed by atoms with E-state index in [1.54, 1.807) is 0 Å². The molecular formula is C12H12F3N3O2S. The van der Waals surface area contributed by atoms with Crippen LogP contribution in [-0.2, 0) is 6.18 Å². The van der Waals surface area contributed by atoms with Crippen LogP contribution in [0.4, 0.5) is 18.9 Å². The minimum absolute atomic E-state index is 0.0645. The summed E-state index contributed by atoms with van der Waals surface area (Å²) in [5.41, 5.74) is 4.87. The number of aliphatic hydroxyl groups is 1. The maximum Gasteiger partial charge on any atom is 0.433 e. The number of halogens is 3. The van der Waals surface area contributed by atoms with Crippen molar-refractivity contribution in [2.24, 2.45) is 0 Å². The van der Waals surface area contributed by atoms with Gasteiger partial charge < -0.3 is 16.2 Å². The number of carbonyl (C=O) groups excluding carboxylic acids is 1. The number of amides is 1. The molecule has 2 aromatic rings. The van der Waals surface area contributed by atoms with Gasteiger partial charge in [-0.2, -0.15) is 13.2 Å². The quantitative estimate of drug-likeness (QED) is 0.752. The van der Waals surface area contributed by atoms with Crippen molar-refractivity contribution in [3.05, 3.63) is 22.7 Å². The van der Waals surface area contributed by atoms with Crippen molar-refractivity contribution in [2.75, 3.05) is 18.9 Å². The van der Waals surface area contributed by atoms with Gasteiger partial charge in [-0.05, 0) is 18.6 Å². The van der Waals surface area contributed by atoms with Crippen LogP contribution in [-0.4, -0.2) is 29.1 Å². The second kappa shape index (κ2) is 5.86. The van der Waals surface area contributed by atoms with Crippen LogP contribution < -0.4 is 11.1 Å². The molecule has 0 spiro atoms. The molecule has 4 N–H and O–H groups in total. The highest BCUT2D eigenvalue weighted by molar-refractivity contribution is 7.21. The van der Waals surface area contributed by atoms with Crippen LogP contribution in [0.1, 0.15) is 21.8 Å². The van der Waals surface area contributed by atoms with Crippen LogP contribution in [0.3, 0.4) is 0 Å². The predicted molar refractivity (Wildman–Crippen MR) is 73.1 cm³/mol. The maximum atomic E-state index is 12.6. The molecule has 0 unspecified atom stereocenters. The van der Waals surface area contributed by atoms with Gasteiger partial charge in [0.1, 0.15) is 15.4 Å². The lowest BCUT2D eigenvalue weighted by molar-refractivity contribution is -0.140. The van der Waals surface area contributed by atoms with Gasteiger partial charge in [0, 0.05) is 18.5 Å². The van der Waals surface area contributed by atoms with Gasteiger partial charge in [0.15, 0.2) is 0 Å². The predicted octanol–water partition coefficient (Wildman–Crippen LogP) is 2.01. The van der Waals surface area contributed by atoms with E-state index in [0.29, 0.717) is 11.8 Å². The minimum Gasteiger partial charge on any atom is -0.397 e. The van der Waals surface area contributed by atoms with Gasteiger partial charge in [0.25, 0.3) is 5.91 Å². The lowest BCUT2D eigenvalue weighted by Gasteiger charge is -2.04. The van der Waals surface area contributed by atoms with E-state index in [1.807, 2.05) is 0 Å². The molecule has 21 heavy (non-hydrogen) atoms. The number of hydrogen-bond acceptors (Lipinski definition) is 5. The molecule has 2 rings (SSSR count). The number of alkyl halides is 3. The molecule has 0 saturated carbocycles. The van der Waals surface area contributed by atoms with Crippen LogP contribution in [0.5, 0.6) is 0 Å². The second-order valence-electron chi connectivity index (χ2n) is 4.22. The number of nitrogen functional groups attached to an aromatic ring is 1. The van der Waals surface area contributed by atoms with E-state index in [9.17, 15) is 18.0 Å². The highest BCUT2D eigenvalue weighted by atomic mass is 32.1. The molecule has 9 heteroatoms. The van der Waals surface area contributed by atoms with Gasteiger partial charge in [-0.1, -0.05) is 0 Å². The SMILES string of the molecule is Nc1c(C(=O)NCCCO)sc2nc(C(F)(F)F)ccc12. The van der Waals surface area contributed by atoms with Crippen molar-refractivity contribution in [1.82, 2.24) is 10.3 Å². The number of nitrogens with one attached hydrogen (secondary N) is 1. The number of aliphatic hydroxyl groups excluding tert-OH is 1. The molecule has 0 saturated heterocycles. The van der Waals surface area contributed by atoms with Crippen LogP contribution in [0.2, 0.25) is 0 Å². The van der Waals surface area contributed by atoms with Crippen molar-refractivity contribution < 1.29 is 23.1 Å². The van der Waals surface area contributed by atoms with Gasteiger partial charge in [-0.15, -0.1) is 11.3 Å². The average Bonchev–Trinajstić information content (AvgIpc) is 2.75. The summed E-state index contributed by atoms with van der Waals surface area (Å²) in [6.45, 7) is 0.183. The number of nitrogens with two attached hydrogens (primary N) is 1. The summed E-state index contributed by atoms with van der Waals surface area (Å²) >= 11 is 0.810. The first-order valence-corrected chi connectivity index (χ1v) is 6.81. The summed E-state index contributed by atoms with van der Waals surface area (Å²) in [6, 6.07) is 2.04. The number of pyridine rings is 1. The summed E-state index contributed by atoms with van der Waals surface area (Å²) < 4.78 is 37.8. The van der Waals surface area contributed by atoms with Crippen LogP contribution in [0.15, 0.2) is 12.1 Å². The molecule has 114 valence electrons. The smallest absolute Gasteiger partial charge is 0.397 e. The Kier molecular flexibility index (Phi) is 4.33. The normalized spacial score (nSPS) is 11.8. The molecule has 0 aliphatic carbocycles. The van der Waals surface area contributed by atoms with Gasteiger partial charge in [0.2, 0.25) is 0 Å². The third-order valence-electron chi connectivity index (χ3n) is 2.71. The topological polar surface area (TPSA) is 88.2 Å². The van der Waals surface area contributed by atoms with E-state index in [2.05, 4.69) is 10.3 Å². The third kappa shape index (κ3) is 3.24. The zero-order valence-corrected chi connectivity index (χ0v) is 11.5. The van der Waals surface area contributed by atoms with E-state index >= 15 is 0 Å². The monoisotopic (exact) mass is 319 g/mol. The fourth-order valence-electron chi connectivity index (χ4n) is 1.68. The number of anilines is 1. The van der Waals surface area contributed by atoms with Crippen molar-refractivity contribution in [1.29, 1.82) is 0 Å². The first-order valence-electron chi connectivity index (χ1n) is 6.00. The summed E-state index contributed by atoms with van der Waals surface area (Å²) in [7, 11) is 0. The maximum absolute atomic E-state index is 12.6. The van der Waals surface area contributed by atoms with Crippen molar-refractivity contribution in [3.63, 3.8) is 0 Å². The number of hydrogen-bond donors (Lipinski definition) is 3. The number of fused-ring (bicyclic) bond motifs is 1. The summed E-state index contributed by atoms with van der Waals surface area (Å²) in [4.78, 5) is 15.6. The Bertz CT molecular complexity index is 670. The van der Waals surface area contributed by atoms with Crippen molar-refractivity contribution >= 4 is 33.1 Å². The summed E-state index contributed by atoms with van der Waals surface area (Å²) in [5, 5.41) is 11.5. The molecular weight excluding hydrogens is 307 g/mol. The minimum atomic E-state index is -4.55. The molecule has 0 fully saturated rings. The van der Waals surface area contributed by atoms with Gasteiger partial charge in [-0.25, -0.2) is 4.98 Å². The number of nitrogens with zero attached hydrogens (tertiary/aromatic N) is 1. The fraction of sp³-hybridized carbons (Fsp3) is 0.333. The molecule has 0 radical (unpaired) electrons. The number of carbonyl (C=O) groups is 1. The Balaban J connectivity index is 2.34. The lowest BCUT2D eigenvalue weighted by Crippen LogP contribution is -2.24. The first-order chi connectivity index (χ1) is 9.84. The van der Waals surface area contributed by atoms with E-state index in [0.717, 1.165) is 17.4 Å². The molecule has 0 aliphatic rings. The van der Waals surface area contributed by atoms with Gasteiger partial charge >= 0.3 is 6.18 Å². The van der Waals surface area contributed by atoms with Gasteiger partial charge in [-0.3, -0.25) is 4.79 Å². The summed E-state index contributed by atoms with van der Waals surface area (Å²) in [6.07, 6.45) is -4.16. The largest absolute Gasteiger partial charge is 0.433 e. The second-order valence-corrected chi connectivity index (χ2v) is 5.22. The number of thiophene rings is 1. The van der Waals surface area contributed by atoms with Gasteiger partial charge in [0.05, 0.1) is 5.69 Å². The van der Waals surface area contributed by atoms with E-state index in [-0.39, 0.29) is 28.5 Å². The molecule has 0 aromatic carbocycles. The van der Waals surface area contributed by atoms with E-state index in [1.165, 1.54) is 6.07 Å². The number of aromatic nitrogens is 1. The van der Waals surface area contributed by atoms with Crippen molar-refractivity contribution in [3.8, 4) is 0 Å². The molecule has 0 aliphatic heterocycles. The Morgan fingerprint density at radius 1 is 1.43 bits per heavy atom. The Morgan fingerprint density at radius 2 is 2.14 bits per heavy atom. The lowest BCUT2D eigenvalue weighted by atomic mass is 10.2.